The Morgan fingerprint density at radius 1 is 1.47 bits per heavy atom. The summed E-state index contributed by atoms with van der Waals surface area (Å²) in [5.74, 6) is 0. The molecule has 0 radical (unpaired) electrons. The fraction of sp³-hybridized carbons (Fsp3) is 0.538. The highest BCUT2D eigenvalue weighted by atomic mass is 79.9. The first-order valence-electron chi connectivity index (χ1n) is 6.52. The lowest BCUT2D eigenvalue weighted by Crippen LogP contribution is -2.32. The van der Waals surface area contributed by atoms with E-state index in [9.17, 15) is 0 Å². The van der Waals surface area contributed by atoms with Gasteiger partial charge in [0, 0.05) is 36.3 Å². The van der Waals surface area contributed by atoms with E-state index in [-0.39, 0.29) is 0 Å². The number of halogens is 1. The van der Waals surface area contributed by atoms with Crippen LogP contribution < -0.4 is 5.32 Å². The lowest BCUT2D eigenvalue weighted by molar-refractivity contribution is 0.454. The summed E-state index contributed by atoms with van der Waals surface area (Å²) in [4.78, 5) is 5.79. The summed E-state index contributed by atoms with van der Waals surface area (Å²) in [6, 6.07) is 0.400. The Morgan fingerprint density at radius 3 is 2.95 bits per heavy atom. The number of hydrogen-bond donors (Lipinski definition) is 1. The first kappa shape index (κ1) is 14.7. The maximum atomic E-state index is 4.43. The van der Waals surface area contributed by atoms with Gasteiger partial charge in [-0.2, -0.15) is 5.10 Å². The van der Waals surface area contributed by atoms with Crippen molar-refractivity contribution in [1.29, 1.82) is 0 Å². The van der Waals surface area contributed by atoms with Crippen molar-refractivity contribution >= 4 is 27.3 Å². The van der Waals surface area contributed by atoms with E-state index >= 15 is 0 Å². The Bertz CT molecular complexity index is 508. The Labute approximate surface area is 126 Å². The summed E-state index contributed by atoms with van der Waals surface area (Å²) in [5, 5.41) is 8.98. The third-order valence-corrected chi connectivity index (χ3v) is 4.46. The zero-order chi connectivity index (χ0) is 13.7. The molecule has 0 saturated carbocycles. The van der Waals surface area contributed by atoms with Crippen LogP contribution in [0.15, 0.2) is 23.1 Å². The van der Waals surface area contributed by atoms with Crippen LogP contribution in [0.5, 0.6) is 0 Å². The molecule has 6 heteroatoms. The molecule has 19 heavy (non-hydrogen) atoms. The molecule has 0 aliphatic rings. The van der Waals surface area contributed by atoms with E-state index in [0.29, 0.717) is 6.04 Å². The summed E-state index contributed by atoms with van der Waals surface area (Å²) >= 11 is 5.22. The van der Waals surface area contributed by atoms with E-state index in [4.69, 9.17) is 0 Å². The van der Waals surface area contributed by atoms with Gasteiger partial charge in [0.2, 0.25) is 0 Å². The number of nitrogens with zero attached hydrogens (tertiary/aromatic N) is 3. The van der Waals surface area contributed by atoms with Crippen LogP contribution >= 0.6 is 27.3 Å². The number of rotatable bonds is 7. The van der Waals surface area contributed by atoms with Crippen molar-refractivity contribution in [3.8, 4) is 0 Å². The van der Waals surface area contributed by atoms with Crippen LogP contribution in [0.2, 0.25) is 0 Å². The molecule has 0 spiro atoms. The van der Waals surface area contributed by atoms with E-state index in [1.54, 1.807) is 0 Å². The SMILES string of the molecule is CCc1cnc(CCN[C@@H](C)Cn2cc(Br)cn2)s1. The highest BCUT2D eigenvalue weighted by Crippen LogP contribution is 2.13. The molecular weight excluding hydrogens is 324 g/mol. The van der Waals surface area contributed by atoms with E-state index in [0.717, 1.165) is 30.4 Å². The van der Waals surface area contributed by atoms with Gasteiger partial charge in [0.05, 0.1) is 22.2 Å². The zero-order valence-corrected chi connectivity index (χ0v) is 13.7. The molecule has 0 aliphatic heterocycles. The van der Waals surface area contributed by atoms with Gasteiger partial charge in [-0.15, -0.1) is 11.3 Å². The van der Waals surface area contributed by atoms with Gasteiger partial charge in [-0.1, -0.05) is 6.92 Å². The molecule has 4 nitrogen and oxygen atoms in total. The molecule has 2 aromatic heterocycles. The summed E-state index contributed by atoms with van der Waals surface area (Å²) < 4.78 is 2.97. The average molecular weight is 343 g/mol. The van der Waals surface area contributed by atoms with Gasteiger partial charge in [-0.25, -0.2) is 4.98 Å². The third kappa shape index (κ3) is 4.71. The Morgan fingerprint density at radius 2 is 2.32 bits per heavy atom. The predicted molar refractivity (Wildman–Crippen MR) is 82.6 cm³/mol. The third-order valence-electron chi connectivity index (χ3n) is 2.84. The van der Waals surface area contributed by atoms with Gasteiger partial charge in [-0.3, -0.25) is 4.68 Å². The fourth-order valence-electron chi connectivity index (χ4n) is 1.84. The number of aromatic nitrogens is 3. The molecular formula is C13H19BrN4S. The molecule has 0 saturated heterocycles. The van der Waals surface area contributed by atoms with Crippen LogP contribution in [-0.4, -0.2) is 27.4 Å². The standard InChI is InChI=1S/C13H19BrN4S/c1-3-12-7-16-13(19-12)4-5-15-10(2)8-18-9-11(14)6-17-18/h6-7,9-10,15H,3-5,8H2,1-2H3/t10-/m0/s1. The van der Waals surface area contributed by atoms with Crippen LogP contribution in [0.1, 0.15) is 23.7 Å². The van der Waals surface area contributed by atoms with Gasteiger partial charge in [0.1, 0.15) is 0 Å². The molecule has 0 aromatic carbocycles. The van der Waals surface area contributed by atoms with Crippen LogP contribution in [0.3, 0.4) is 0 Å². The summed E-state index contributed by atoms with van der Waals surface area (Å²) in [6.45, 7) is 6.18. The molecule has 104 valence electrons. The van der Waals surface area contributed by atoms with Gasteiger partial charge < -0.3 is 5.32 Å². The van der Waals surface area contributed by atoms with Gasteiger partial charge >= 0.3 is 0 Å². The van der Waals surface area contributed by atoms with Gasteiger partial charge in [0.25, 0.3) is 0 Å². The van der Waals surface area contributed by atoms with Crippen molar-refractivity contribution < 1.29 is 0 Å². The zero-order valence-electron chi connectivity index (χ0n) is 11.3. The molecule has 0 amide bonds. The van der Waals surface area contributed by atoms with E-state index in [1.165, 1.54) is 9.88 Å². The maximum absolute atomic E-state index is 4.43. The minimum Gasteiger partial charge on any atom is -0.312 e. The monoisotopic (exact) mass is 342 g/mol. The Kier molecular flexibility index (Phi) is 5.54. The first-order valence-corrected chi connectivity index (χ1v) is 8.13. The molecule has 0 aliphatic carbocycles. The molecule has 1 atom stereocenters. The second kappa shape index (κ2) is 7.17. The van der Waals surface area contributed by atoms with Crippen molar-refractivity contribution in [1.82, 2.24) is 20.1 Å². The van der Waals surface area contributed by atoms with Crippen molar-refractivity contribution in [3.05, 3.63) is 32.9 Å². The number of aryl methyl sites for hydroxylation is 1. The lowest BCUT2D eigenvalue weighted by atomic mass is 10.3. The normalized spacial score (nSPS) is 12.8. The molecule has 0 fully saturated rings. The van der Waals surface area contributed by atoms with E-state index in [2.05, 4.69) is 45.2 Å². The van der Waals surface area contributed by atoms with Crippen LogP contribution in [0, 0.1) is 0 Å². The highest BCUT2D eigenvalue weighted by Gasteiger charge is 2.05. The Balaban J connectivity index is 1.70. The quantitative estimate of drug-likeness (QED) is 0.841. The van der Waals surface area contributed by atoms with Crippen molar-refractivity contribution in [2.75, 3.05) is 6.54 Å². The molecule has 2 rings (SSSR count). The summed E-state index contributed by atoms with van der Waals surface area (Å²) in [5.41, 5.74) is 0. The maximum Gasteiger partial charge on any atom is 0.0940 e. The topological polar surface area (TPSA) is 42.7 Å². The van der Waals surface area contributed by atoms with E-state index in [1.807, 2.05) is 34.6 Å². The van der Waals surface area contributed by atoms with Crippen LogP contribution in [-0.2, 0) is 19.4 Å². The van der Waals surface area contributed by atoms with Gasteiger partial charge in [0.15, 0.2) is 0 Å². The fourth-order valence-corrected chi connectivity index (χ4v) is 3.03. The molecule has 0 unspecified atom stereocenters. The van der Waals surface area contributed by atoms with Crippen molar-refractivity contribution in [2.45, 2.75) is 39.3 Å². The smallest absolute Gasteiger partial charge is 0.0940 e. The van der Waals surface area contributed by atoms with Crippen LogP contribution in [0.25, 0.3) is 0 Å². The van der Waals surface area contributed by atoms with Gasteiger partial charge in [-0.05, 0) is 29.3 Å². The van der Waals surface area contributed by atoms with E-state index < -0.39 is 0 Å². The minimum absolute atomic E-state index is 0.400. The second-order valence-corrected chi connectivity index (χ2v) is 6.68. The Hall–Kier alpha value is -0.720. The number of nitrogens with one attached hydrogen (secondary N) is 1. The average Bonchev–Trinajstić information content (AvgIpc) is 2.98. The van der Waals surface area contributed by atoms with Crippen molar-refractivity contribution in [2.24, 2.45) is 0 Å². The molecule has 2 aromatic rings. The summed E-state index contributed by atoms with van der Waals surface area (Å²) in [7, 11) is 0. The van der Waals surface area contributed by atoms with Crippen molar-refractivity contribution in [3.63, 3.8) is 0 Å². The first-order chi connectivity index (χ1) is 9.17. The highest BCUT2D eigenvalue weighted by molar-refractivity contribution is 9.10. The molecule has 0 bridgehead atoms. The number of hydrogen-bond acceptors (Lipinski definition) is 4. The van der Waals surface area contributed by atoms with Crippen LogP contribution in [0.4, 0.5) is 0 Å². The largest absolute Gasteiger partial charge is 0.312 e. The minimum atomic E-state index is 0.400. The predicted octanol–water partition coefficient (Wildman–Crippen LogP) is 2.89. The molecule has 1 N–H and O–H groups in total. The summed E-state index contributed by atoms with van der Waals surface area (Å²) in [6.07, 6.45) is 7.87. The lowest BCUT2D eigenvalue weighted by Gasteiger charge is -2.13. The second-order valence-electron chi connectivity index (χ2n) is 4.56. The number of thiazole rings is 1. The molecule has 2 heterocycles.